The number of carbonyl (C=O) groups is 1. The Hall–Kier alpha value is -1.36. The normalized spacial score (nSPS) is 17.2. The molecular formula is C14H24N4O. The van der Waals surface area contributed by atoms with Crippen LogP contribution >= 0.6 is 0 Å². The third kappa shape index (κ3) is 4.06. The number of aromatic nitrogens is 2. The van der Waals surface area contributed by atoms with Crippen molar-refractivity contribution in [3.8, 4) is 0 Å². The van der Waals surface area contributed by atoms with Crippen molar-refractivity contribution in [1.29, 1.82) is 0 Å². The molecule has 1 amide bonds. The molecule has 1 aliphatic rings. The molecule has 0 spiro atoms. The molecule has 0 aromatic carbocycles. The molecule has 1 fully saturated rings. The van der Waals surface area contributed by atoms with Crippen molar-refractivity contribution >= 4 is 5.91 Å². The first-order chi connectivity index (χ1) is 9.16. The van der Waals surface area contributed by atoms with Crippen molar-refractivity contribution in [1.82, 2.24) is 20.0 Å². The largest absolute Gasteiger partial charge is 0.349 e. The van der Waals surface area contributed by atoms with Crippen LogP contribution < -0.4 is 5.32 Å². The van der Waals surface area contributed by atoms with Gasteiger partial charge in [0.25, 0.3) is 5.91 Å². The lowest BCUT2D eigenvalue weighted by atomic mass is 10.2. The minimum absolute atomic E-state index is 0.0297. The van der Waals surface area contributed by atoms with Crippen molar-refractivity contribution in [2.75, 3.05) is 26.2 Å². The smallest absolute Gasteiger partial charge is 0.269 e. The minimum Gasteiger partial charge on any atom is -0.349 e. The maximum Gasteiger partial charge on any atom is 0.269 e. The Morgan fingerprint density at radius 1 is 1.32 bits per heavy atom. The summed E-state index contributed by atoms with van der Waals surface area (Å²) in [5.41, 5.74) is 1.51. The number of nitrogens with one attached hydrogen (secondary N) is 1. The number of nitrogens with zero attached hydrogens (tertiary/aromatic N) is 3. The Kier molecular flexibility index (Phi) is 4.96. The Morgan fingerprint density at radius 3 is 2.58 bits per heavy atom. The Labute approximate surface area is 115 Å². The van der Waals surface area contributed by atoms with Gasteiger partial charge in [0.2, 0.25) is 0 Å². The van der Waals surface area contributed by atoms with Crippen LogP contribution in [0.2, 0.25) is 0 Å². The lowest BCUT2D eigenvalue weighted by Gasteiger charge is -2.19. The molecule has 0 atom stereocenters. The van der Waals surface area contributed by atoms with Crippen molar-refractivity contribution in [2.24, 2.45) is 7.05 Å². The van der Waals surface area contributed by atoms with Crippen LogP contribution in [0.4, 0.5) is 0 Å². The maximum absolute atomic E-state index is 12.0. The van der Waals surface area contributed by atoms with Gasteiger partial charge in [0, 0.05) is 20.1 Å². The number of hydrogen-bond acceptors (Lipinski definition) is 3. The lowest BCUT2D eigenvalue weighted by molar-refractivity contribution is 0.0939. The summed E-state index contributed by atoms with van der Waals surface area (Å²) in [6.07, 6.45) is 5.26. The first-order valence-corrected chi connectivity index (χ1v) is 7.18. The highest BCUT2D eigenvalue weighted by atomic mass is 16.2. The number of rotatable bonds is 4. The summed E-state index contributed by atoms with van der Waals surface area (Å²) in [6, 6.07) is 1.82. The average Bonchev–Trinajstić information content (AvgIpc) is 2.58. The quantitative estimate of drug-likeness (QED) is 0.892. The van der Waals surface area contributed by atoms with Gasteiger partial charge in [-0.25, -0.2) is 0 Å². The topological polar surface area (TPSA) is 50.2 Å². The molecule has 0 saturated carbocycles. The Morgan fingerprint density at radius 2 is 2.00 bits per heavy atom. The van der Waals surface area contributed by atoms with Gasteiger partial charge >= 0.3 is 0 Å². The van der Waals surface area contributed by atoms with E-state index >= 15 is 0 Å². The van der Waals surface area contributed by atoms with E-state index in [1.54, 1.807) is 11.7 Å². The van der Waals surface area contributed by atoms with Gasteiger partial charge in [-0.1, -0.05) is 12.8 Å². The van der Waals surface area contributed by atoms with E-state index in [4.69, 9.17) is 0 Å². The lowest BCUT2D eigenvalue weighted by Crippen LogP contribution is -2.36. The summed E-state index contributed by atoms with van der Waals surface area (Å²) >= 11 is 0. The second kappa shape index (κ2) is 6.70. The molecule has 1 N–H and O–H groups in total. The fraction of sp³-hybridized carbons (Fsp3) is 0.714. The minimum atomic E-state index is -0.0297. The van der Waals surface area contributed by atoms with E-state index in [1.807, 2.05) is 13.0 Å². The third-order valence-electron chi connectivity index (χ3n) is 3.65. The molecule has 0 radical (unpaired) electrons. The van der Waals surface area contributed by atoms with Crippen LogP contribution in [0.5, 0.6) is 0 Å². The zero-order valence-corrected chi connectivity index (χ0v) is 12.0. The molecule has 5 nitrogen and oxygen atoms in total. The summed E-state index contributed by atoms with van der Waals surface area (Å²) in [6.45, 7) is 5.89. The zero-order valence-electron chi connectivity index (χ0n) is 12.0. The molecule has 0 unspecified atom stereocenters. The van der Waals surface area contributed by atoms with Crippen LogP contribution in [0.15, 0.2) is 6.07 Å². The molecule has 1 aromatic rings. The molecule has 1 saturated heterocycles. The highest BCUT2D eigenvalue weighted by Gasteiger charge is 2.12. The molecule has 1 aromatic heterocycles. The molecule has 0 aliphatic carbocycles. The van der Waals surface area contributed by atoms with Crippen molar-refractivity contribution in [2.45, 2.75) is 32.6 Å². The Balaban J connectivity index is 1.76. The number of amides is 1. The van der Waals surface area contributed by atoms with Crippen molar-refractivity contribution in [3.05, 3.63) is 17.5 Å². The summed E-state index contributed by atoms with van der Waals surface area (Å²) < 4.78 is 1.64. The van der Waals surface area contributed by atoms with Crippen LogP contribution in [0, 0.1) is 6.92 Å². The first-order valence-electron chi connectivity index (χ1n) is 7.18. The van der Waals surface area contributed by atoms with Gasteiger partial charge in [0.15, 0.2) is 0 Å². The van der Waals surface area contributed by atoms with Crippen molar-refractivity contribution < 1.29 is 4.79 Å². The molecule has 0 bridgehead atoms. The predicted molar refractivity (Wildman–Crippen MR) is 75.2 cm³/mol. The Bertz CT molecular complexity index is 419. The monoisotopic (exact) mass is 264 g/mol. The molecule has 5 heteroatoms. The van der Waals surface area contributed by atoms with Crippen LogP contribution in [0.25, 0.3) is 0 Å². The fourth-order valence-corrected chi connectivity index (χ4v) is 2.60. The molecule has 106 valence electrons. The van der Waals surface area contributed by atoms with E-state index in [9.17, 15) is 4.79 Å². The van der Waals surface area contributed by atoms with Gasteiger partial charge in [0.05, 0.1) is 5.69 Å². The molecule has 2 rings (SSSR count). The third-order valence-corrected chi connectivity index (χ3v) is 3.65. The van der Waals surface area contributed by atoms with E-state index < -0.39 is 0 Å². The zero-order chi connectivity index (χ0) is 13.7. The van der Waals surface area contributed by atoms with Gasteiger partial charge in [0.1, 0.15) is 5.69 Å². The van der Waals surface area contributed by atoms with Gasteiger partial charge in [-0.15, -0.1) is 0 Å². The van der Waals surface area contributed by atoms with E-state index in [-0.39, 0.29) is 5.91 Å². The molecular weight excluding hydrogens is 240 g/mol. The molecule has 1 aliphatic heterocycles. The highest BCUT2D eigenvalue weighted by molar-refractivity contribution is 5.92. The number of hydrogen-bond donors (Lipinski definition) is 1. The second-order valence-electron chi connectivity index (χ2n) is 5.31. The molecule has 2 heterocycles. The highest BCUT2D eigenvalue weighted by Crippen LogP contribution is 2.08. The predicted octanol–water partition coefficient (Wildman–Crippen LogP) is 1.33. The van der Waals surface area contributed by atoms with Gasteiger partial charge in [-0.05, 0) is 38.9 Å². The van der Waals surface area contributed by atoms with Gasteiger partial charge < -0.3 is 10.2 Å². The van der Waals surface area contributed by atoms with Gasteiger partial charge in [-0.2, -0.15) is 5.10 Å². The van der Waals surface area contributed by atoms with E-state index in [1.165, 1.54) is 38.8 Å². The number of carbonyl (C=O) groups excluding carboxylic acids is 1. The van der Waals surface area contributed by atoms with E-state index in [0.29, 0.717) is 12.2 Å². The van der Waals surface area contributed by atoms with E-state index in [2.05, 4.69) is 15.3 Å². The van der Waals surface area contributed by atoms with Gasteiger partial charge in [-0.3, -0.25) is 9.48 Å². The van der Waals surface area contributed by atoms with Crippen LogP contribution in [-0.2, 0) is 7.05 Å². The van der Waals surface area contributed by atoms with Crippen LogP contribution in [0.3, 0.4) is 0 Å². The summed E-state index contributed by atoms with van der Waals surface area (Å²) in [5, 5.41) is 7.17. The second-order valence-corrected chi connectivity index (χ2v) is 5.31. The first kappa shape index (κ1) is 14.1. The van der Waals surface area contributed by atoms with Crippen molar-refractivity contribution in [3.63, 3.8) is 0 Å². The number of likely N-dealkylation sites (tertiary alicyclic amines) is 1. The van der Waals surface area contributed by atoms with Crippen LogP contribution in [0.1, 0.15) is 41.9 Å². The fourth-order valence-electron chi connectivity index (χ4n) is 2.60. The summed E-state index contributed by atoms with van der Waals surface area (Å²) in [4.78, 5) is 14.4. The van der Waals surface area contributed by atoms with E-state index in [0.717, 1.165) is 12.2 Å². The van der Waals surface area contributed by atoms with Crippen LogP contribution in [-0.4, -0.2) is 46.8 Å². The summed E-state index contributed by atoms with van der Waals surface area (Å²) in [5.74, 6) is -0.0297. The molecule has 19 heavy (non-hydrogen) atoms. The maximum atomic E-state index is 12.0. The summed E-state index contributed by atoms with van der Waals surface area (Å²) in [7, 11) is 1.80. The number of aryl methyl sites for hydroxylation is 2. The SMILES string of the molecule is Cc1cc(C(=O)NCCN2CCCCCC2)n(C)n1. The average molecular weight is 264 g/mol. The standard InChI is InChI=1S/C14H24N4O/c1-12-11-13(17(2)16-12)14(19)15-7-10-18-8-5-3-4-6-9-18/h11H,3-10H2,1-2H3,(H,15,19).